The molecular weight excluding hydrogens is 240 g/mol. The summed E-state index contributed by atoms with van der Waals surface area (Å²) in [5.74, 6) is 0.874. The summed E-state index contributed by atoms with van der Waals surface area (Å²) in [5.41, 5.74) is 2.98. The van der Waals surface area contributed by atoms with Crippen LogP contribution < -0.4 is 0 Å². The molecule has 0 N–H and O–H groups in total. The molecule has 0 aliphatic heterocycles. The number of benzene rings is 1. The molecule has 1 saturated carbocycles. The molecule has 1 unspecified atom stereocenters. The summed E-state index contributed by atoms with van der Waals surface area (Å²) in [6.07, 6.45) is 6.48. The third-order valence-corrected chi connectivity index (χ3v) is 5.13. The monoisotopic (exact) mass is 264 g/mol. The molecule has 18 heavy (non-hydrogen) atoms. The molecule has 0 aromatic heterocycles. The van der Waals surface area contributed by atoms with E-state index in [1.54, 1.807) is 0 Å². The van der Waals surface area contributed by atoms with Gasteiger partial charge in [-0.3, -0.25) is 0 Å². The van der Waals surface area contributed by atoms with E-state index < -0.39 is 0 Å². The van der Waals surface area contributed by atoms with Crippen LogP contribution >= 0.6 is 11.6 Å². The van der Waals surface area contributed by atoms with Crippen LogP contribution in [0.15, 0.2) is 24.3 Å². The molecule has 0 bridgehead atoms. The molecule has 0 nitrogen and oxygen atoms in total. The Kier molecular flexibility index (Phi) is 4.37. The second-order valence-corrected chi connectivity index (χ2v) is 6.89. The minimum absolute atomic E-state index is 0.203. The van der Waals surface area contributed by atoms with Crippen molar-refractivity contribution in [3.05, 3.63) is 35.4 Å². The highest BCUT2D eigenvalue weighted by Gasteiger charge is 2.22. The van der Waals surface area contributed by atoms with Gasteiger partial charge in [0.15, 0.2) is 0 Å². The zero-order valence-electron chi connectivity index (χ0n) is 11.9. The lowest BCUT2D eigenvalue weighted by atomic mass is 9.80. The van der Waals surface area contributed by atoms with Gasteiger partial charge in [0.05, 0.1) is 5.38 Å². The van der Waals surface area contributed by atoms with E-state index in [1.165, 1.54) is 36.8 Å². The van der Waals surface area contributed by atoms with Crippen LogP contribution in [-0.2, 0) is 5.41 Å². The SMILES string of the molecule is CCC(C)(C)c1ccc(C(Cl)CC2CCC2)cc1. The Labute approximate surface area is 117 Å². The molecule has 0 spiro atoms. The highest BCUT2D eigenvalue weighted by Crippen LogP contribution is 2.38. The molecule has 2 rings (SSSR count). The average Bonchev–Trinajstić information content (AvgIpc) is 2.33. The maximum atomic E-state index is 6.51. The van der Waals surface area contributed by atoms with E-state index in [1.807, 2.05) is 0 Å². The van der Waals surface area contributed by atoms with Crippen molar-refractivity contribution in [3.63, 3.8) is 0 Å². The Morgan fingerprint density at radius 1 is 1.22 bits per heavy atom. The maximum absolute atomic E-state index is 6.51. The fraction of sp³-hybridized carbons (Fsp3) is 0.647. The molecular formula is C17H25Cl. The highest BCUT2D eigenvalue weighted by atomic mass is 35.5. The Hall–Kier alpha value is -0.490. The summed E-state index contributed by atoms with van der Waals surface area (Å²) in [6.45, 7) is 6.85. The van der Waals surface area contributed by atoms with Crippen molar-refractivity contribution in [1.29, 1.82) is 0 Å². The number of rotatable bonds is 5. The fourth-order valence-electron chi connectivity index (χ4n) is 2.50. The van der Waals surface area contributed by atoms with Crippen LogP contribution in [0.25, 0.3) is 0 Å². The lowest BCUT2D eigenvalue weighted by molar-refractivity contribution is 0.293. The third-order valence-electron chi connectivity index (χ3n) is 4.70. The summed E-state index contributed by atoms with van der Waals surface area (Å²) in [4.78, 5) is 0. The largest absolute Gasteiger partial charge is 0.118 e. The molecule has 100 valence electrons. The second-order valence-electron chi connectivity index (χ2n) is 6.36. The van der Waals surface area contributed by atoms with E-state index in [-0.39, 0.29) is 10.8 Å². The predicted octanol–water partition coefficient (Wildman–Crippen LogP) is 5.84. The Balaban J connectivity index is 2.02. The predicted molar refractivity (Wildman–Crippen MR) is 80.3 cm³/mol. The molecule has 1 aromatic carbocycles. The normalized spacial score (nSPS) is 18.4. The van der Waals surface area contributed by atoms with Crippen LogP contribution in [0.3, 0.4) is 0 Å². The van der Waals surface area contributed by atoms with Crippen LogP contribution in [0, 0.1) is 5.92 Å². The van der Waals surface area contributed by atoms with Crippen molar-refractivity contribution in [1.82, 2.24) is 0 Å². The summed E-state index contributed by atoms with van der Waals surface area (Å²) >= 11 is 6.51. The Morgan fingerprint density at radius 3 is 2.28 bits per heavy atom. The van der Waals surface area contributed by atoms with Gasteiger partial charge in [0.1, 0.15) is 0 Å². The van der Waals surface area contributed by atoms with E-state index in [9.17, 15) is 0 Å². The van der Waals surface area contributed by atoms with Crippen molar-refractivity contribution in [3.8, 4) is 0 Å². The van der Waals surface area contributed by atoms with Gasteiger partial charge in [0.2, 0.25) is 0 Å². The zero-order valence-corrected chi connectivity index (χ0v) is 12.6. The molecule has 1 aromatic rings. The highest BCUT2D eigenvalue weighted by molar-refractivity contribution is 6.20. The minimum atomic E-state index is 0.203. The molecule has 1 aliphatic rings. The summed E-state index contributed by atoms with van der Waals surface area (Å²) in [7, 11) is 0. The smallest absolute Gasteiger partial charge is 0.0587 e. The maximum Gasteiger partial charge on any atom is 0.0587 e. The molecule has 1 aliphatic carbocycles. The molecule has 0 amide bonds. The summed E-state index contributed by atoms with van der Waals surface area (Å²) in [5, 5.41) is 0.203. The average molecular weight is 265 g/mol. The number of hydrogen-bond acceptors (Lipinski definition) is 0. The molecule has 1 heteroatoms. The van der Waals surface area contributed by atoms with Gasteiger partial charge < -0.3 is 0 Å². The van der Waals surface area contributed by atoms with Gasteiger partial charge in [-0.15, -0.1) is 11.6 Å². The van der Waals surface area contributed by atoms with Gasteiger partial charge in [-0.2, -0.15) is 0 Å². The van der Waals surface area contributed by atoms with Crippen molar-refractivity contribution in [2.24, 2.45) is 5.92 Å². The van der Waals surface area contributed by atoms with Crippen LogP contribution in [0.1, 0.15) is 69.4 Å². The second kappa shape index (κ2) is 5.65. The molecule has 1 atom stereocenters. The molecule has 0 radical (unpaired) electrons. The first-order valence-corrected chi connectivity index (χ1v) is 7.71. The number of hydrogen-bond donors (Lipinski definition) is 0. The van der Waals surface area contributed by atoms with Crippen LogP contribution in [-0.4, -0.2) is 0 Å². The van der Waals surface area contributed by atoms with E-state index in [0.717, 1.165) is 12.3 Å². The topological polar surface area (TPSA) is 0 Å². The van der Waals surface area contributed by atoms with Gasteiger partial charge in [0.25, 0.3) is 0 Å². The quantitative estimate of drug-likeness (QED) is 0.586. The zero-order chi connectivity index (χ0) is 13.2. The van der Waals surface area contributed by atoms with E-state index in [0.29, 0.717) is 0 Å². The van der Waals surface area contributed by atoms with Crippen molar-refractivity contribution >= 4 is 11.6 Å². The van der Waals surface area contributed by atoms with Crippen molar-refractivity contribution < 1.29 is 0 Å². The van der Waals surface area contributed by atoms with Gasteiger partial charge >= 0.3 is 0 Å². The third kappa shape index (κ3) is 3.09. The Morgan fingerprint density at radius 2 is 1.83 bits per heavy atom. The lowest BCUT2D eigenvalue weighted by Gasteiger charge is -2.28. The van der Waals surface area contributed by atoms with Gasteiger partial charge in [-0.05, 0) is 35.3 Å². The van der Waals surface area contributed by atoms with Crippen LogP contribution in [0.4, 0.5) is 0 Å². The summed E-state index contributed by atoms with van der Waals surface area (Å²) in [6, 6.07) is 8.97. The van der Waals surface area contributed by atoms with Gasteiger partial charge in [-0.25, -0.2) is 0 Å². The van der Waals surface area contributed by atoms with Gasteiger partial charge in [0, 0.05) is 0 Å². The van der Waals surface area contributed by atoms with E-state index >= 15 is 0 Å². The first-order chi connectivity index (χ1) is 8.53. The molecule has 1 fully saturated rings. The lowest BCUT2D eigenvalue weighted by Crippen LogP contribution is -2.15. The first-order valence-electron chi connectivity index (χ1n) is 7.27. The van der Waals surface area contributed by atoms with E-state index in [2.05, 4.69) is 45.0 Å². The van der Waals surface area contributed by atoms with Crippen LogP contribution in [0.5, 0.6) is 0 Å². The number of alkyl halides is 1. The Bertz CT molecular complexity index is 373. The van der Waals surface area contributed by atoms with Crippen molar-refractivity contribution in [2.45, 2.75) is 63.7 Å². The van der Waals surface area contributed by atoms with Gasteiger partial charge in [-0.1, -0.05) is 64.3 Å². The first kappa shape index (κ1) is 13.9. The number of halogens is 1. The molecule has 0 saturated heterocycles. The van der Waals surface area contributed by atoms with Crippen molar-refractivity contribution in [2.75, 3.05) is 0 Å². The fourth-order valence-corrected chi connectivity index (χ4v) is 2.90. The summed E-state index contributed by atoms with van der Waals surface area (Å²) < 4.78 is 0. The molecule has 0 heterocycles. The van der Waals surface area contributed by atoms with Crippen LogP contribution in [0.2, 0.25) is 0 Å². The minimum Gasteiger partial charge on any atom is -0.118 e. The van der Waals surface area contributed by atoms with E-state index in [4.69, 9.17) is 11.6 Å². The standard InChI is InChI=1S/C17H25Cl/c1-4-17(2,3)15-10-8-14(9-11-15)16(18)12-13-6-5-7-13/h8-11,13,16H,4-7,12H2,1-3H3.